The molecule has 3 atom stereocenters. The molecule has 3 heterocycles. The molecular weight excluding hydrogens is 362 g/mol. The Morgan fingerprint density at radius 1 is 1.21 bits per heavy atom. The minimum Gasteiger partial charge on any atom is -0.350 e. The lowest BCUT2D eigenvalue weighted by atomic mass is 9.72. The van der Waals surface area contributed by atoms with E-state index in [-0.39, 0.29) is 11.8 Å². The van der Waals surface area contributed by atoms with Crippen LogP contribution in [-0.2, 0) is 18.3 Å². The summed E-state index contributed by atoms with van der Waals surface area (Å²) in [5.74, 6) is 1.64. The van der Waals surface area contributed by atoms with E-state index in [9.17, 15) is 4.79 Å². The molecule has 2 aliphatic rings. The van der Waals surface area contributed by atoms with Crippen LogP contribution in [0.4, 0.5) is 5.82 Å². The number of hydrogen-bond acceptors (Lipinski definition) is 4. The molecule has 6 heteroatoms. The molecule has 1 amide bonds. The topological polar surface area (TPSA) is 63.1 Å². The van der Waals surface area contributed by atoms with Crippen LogP contribution in [0.5, 0.6) is 0 Å². The fraction of sp³-hybridized carbons (Fsp3) is 0.435. The van der Waals surface area contributed by atoms with Gasteiger partial charge < -0.3 is 14.8 Å². The van der Waals surface area contributed by atoms with Crippen molar-refractivity contribution >= 4 is 22.6 Å². The summed E-state index contributed by atoms with van der Waals surface area (Å²) in [4.78, 5) is 24.1. The van der Waals surface area contributed by atoms with Crippen molar-refractivity contribution in [2.75, 3.05) is 18.9 Å². The Morgan fingerprint density at radius 2 is 2.03 bits per heavy atom. The van der Waals surface area contributed by atoms with Gasteiger partial charge in [0.15, 0.2) is 0 Å². The molecule has 1 fully saturated rings. The van der Waals surface area contributed by atoms with Crippen LogP contribution in [0.25, 0.3) is 10.9 Å². The monoisotopic (exact) mass is 389 g/mol. The quantitative estimate of drug-likeness (QED) is 0.731. The van der Waals surface area contributed by atoms with Gasteiger partial charge in [0.05, 0.1) is 5.92 Å². The lowest BCUT2D eigenvalue weighted by Crippen LogP contribution is -2.50. The first kappa shape index (κ1) is 18.3. The van der Waals surface area contributed by atoms with Crippen LogP contribution in [0.15, 0.2) is 30.5 Å². The van der Waals surface area contributed by atoms with E-state index in [0.717, 1.165) is 25.1 Å². The van der Waals surface area contributed by atoms with Crippen molar-refractivity contribution in [2.45, 2.75) is 38.6 Å². The molecule has 2 aromatic heterocycles. The summed E-state index contributed by atoms with van der Waals surface area (Å²) in [5.41, 5.74) is 4.98. The molecular formula is C23H27N5O. The minimum absolute atomic E-state index is 0.0545. The number of aromatic nitrogens is 3. The van der Waals surface area contributed by atoms with Crippen LogP contribution in [0.2, 0.25) is 0 Å². The number of likely N-dealkylation sites (tertiary alicyclic amines) is 1. The third kappa shape index (κ3) is 3.02. The summed E-state index contributed by atoms with van der Waals surface area (Å²) in [7, 11) is 4.28. The molecule has 0 spiro atoms. The average Bonchev–Trinajstić information content (AvgIpc) is 2.98. The second-order valence-electron chi connectivity index (χ2n) is 8.69. The summed E-state index contributed by atoms with van der Waals surface area (Å²) in [5, 5.41) is 4.43. The van der Waals surface area contributed by atoms with Gasteiger partial charge in [-0.25, -0.2) is 9.97 Å². The lowest BCUT2D eigenvalue weighted by molar-refractivity contribution is -0.122. The van der Waals surface area contributed by atoms with Crippen molar-refractivity contribution in [1.29, 1.82) is 0 Å². The highest BCUT2D eigenvalue weighted by atomic mass is 16.2. The van der Waals surface area contributed by atoms with Crippen molar-refractivity contribution in [3.63, 3.8) is 0 Å². The number of amides is 1. The summed E-state index contributed by atoms with van der Waals surface area (Å²) in [6.45, 7) is 4.54. The Hall–Kier alpha value is -2.73. The molecule has 1 unspecified atom stereocenters. The third-order valence-electron chi connectivity index (χ3n) is 6.62. The largest absolute Gasteiger partial charge is 0.350 e. The number of hydrogen-bond donors (Lipinski definition) is 1. The molecule has 0 radical (unpaired) electrons. The van der Waals surface area contributed by atoms with Crippen molar-refractivity contribution < 1.29 is 4.79 Å². The number of anilines is 1. The fourth-order valence-electron chi connectivity index (χ4n) is 5.42. The van der Waals surface area contributed by atoms with Crippen LogP contribution in [0.1, 0.15) is 35.0 Å². The zero-order valence-corrected chi connectivity index (χ0v) is 17.4. The second-order valence-corrected chi connectivity index (χ2v) is 8.69. The Bertz CT molecular complexity index is 1100. The van der Waals surface area contributed by atoms with E-state index in [1.165, 1.54) is 22.0 Å². The van der Waals surface area contributed by atoms with Gasteiger partial charge in [-0.3, -0.25) is 4.79 Å². The zero-order valence-electron chi connectivity index (χ0n) is 17.4. The number of aryl methyl sites for hydroxylation is 3. The number of benzene rings is 1. The van der Waals surface area contributed by atoms with Crippen LogP contribution >= 0.6 is 0 Å². The molecule has 3 aromatic rings. The smallest absolute Gasteiger partial charge is 0.229 e. The molecule has 6 nitrogen and oxygen atoms in total. The van der Waals surface area contributed by atoms with Gasteiger partial charge in [0.2, 0.25) is 5.91 Å². The van der Waals surface area contributed by atoms with E-state index >= 15 is 0 Å². The maximum atomic E-state index is 13.1. The molecule has 1 aliphatic heterocycles. The molecule has 0 bridgehead atoms. The van der Waals surface area contributed by atoms with E-state index in [1.807, 2.05) is 19.9 Å². The molecule has 150 valence electrons. The molecule has 1 N–H and O–H groups in total. The minimum atomic E-state index is -0.0580. The normalized spacial score (nSPS) is 23.8. The second kappa shape index (κ2) is 6.66. The number of nitrogens with zero attached hydrogens (tertiary/aromatic N) is 4. The van der Waals surface area contributed by atoms with E-state index < -0.39 is 0 Å². The predicted octanol–water partition coefficient (Wildman–Crippen LogP) is 3.18. The Balaban J connectivity index is 1.44. The SMILES string of the molecule is Cc1cc(NC(=O)[C@@H]2CC3c4cccc5c4c(cn5C)C[C@H]3N(C)C2)nc(C)n1. The number of carbonyl (C=O) groups is 1. The highest BCUT2D eigenvalue weighted by Crippen LogP contribution is 2.44. The van der Waals surface area contributed by atoms with Crippen LogP contribution in [-0.4, -0.2) is 45.0 Å². The van der Waals surface area contributed by atoms with Gasteiger partial charge >= 0.3 is 0 Å². The van der Waals surface area contributed by atoms with Crippen molar-refractivity contribution in [3.05, 3.63) is 53.1 Å². The fourth-order valence-corrected chi connectivity index (χ4v) is 5.42. The summed E-state index contributed by atoms with van der Waals surface area (Å²) < 4.78 is 2.23. The maximum Gasteiger partial charge on any atom is 0.229 e. The van der Waals surface area contributed by atoms with E-state index in [0.29, 0.717) is 23.6 Å². The maximum absolute atomic E-state index is 13.1. The van der Waals surface area contributed by atoms with Crippen LogP contribution in [0.3, 0.4) is 0 Å². The Kier molecular flexibility index (Phi) is 4.21. The first-order chi connectivity index (χ1) is 13.9. The van der Waals surface area contributed by atoms with Gasteiger partial charge in [-0.1, -0.05) is 12.1 Å². The number of rotatable bonds is 2. The number of nitrogens with one attached hydrogen (secondary N) is 1. The number of fused-ring (bicyclic) bond motifs is 2. The summed E-state index contributed by atoms with van der Waals surface area (Å²) in [6, 6.07) is 8.88. The van der Waals surface area contributed by atoms with Gasteiger partial charge in [-0.2, -0.15) is 0 Å². The van der Waals surface area contributed by atoms with E-state index in [1.54, 1.807) is 0 Å². The van der Waals surface area contributed by atoms with Gasteiger partial charge in [0.25, 0.3) is 0 Å². The summed E-state index contributed by atoms with van der Waals surface area (Å²) >= 11 is 0. The predicted molar refractivity (Wildman–Crippen MR) is 114 cm³/mol. The van der Waals surface area contributed by atoms with Crippen LogP contribution < -0.4 is 5.32 Å². The zero-order chi connectivity index (χ0) is 20.3. The number of likely N-dealkylation sites (N-methyl/N-ethyl adjacent to an activating group) is 1. The van der Waals surface area contributed by atoms with Crippen molar-refractivity contribution in [1.82, 2.24) is 19.4 Å². The summed E-state index contributed by atoms with van der Waals surface area (Å²) in [6.07, 6.45) is 4.20. The average molecular weight is 390 g/mol. The van der Waals surface area contributed by atoms with Crippen molar-refractivity contribution in [3.8, 4) is 0 Å². The molecule has 0 saturated carbocycles. The molecule has 29 heavy (non-hydrogen) atoms. The highest BCUT2D eigenvalue weighted by molar-refractivity contribution is 5.93. The van der Waals surface area contributed by atoms with Gasteiger partial charge in [0, 0.05) is 54.4 Å². The molecule has 1 aliphatic carbocycles. The van der Waals surface area contributed by atoms with Crippen LogP contribution in [0, 0.1) is 19.8 Å². The Labute approximate surface area is 171 Å². The van der Waals surface area contributed by atoms with Gasteiger partial charge in [-0.15, -0.1) is 0 Å². The van der Waals surface area contributed by atoms with Crippen molar-refractivity contribution in [2.24, 2.45) is 13.0 Å². The standard InChI is InChI=1S/C23H27N5O/c1-13-8-21(25-14(2)24-13)26-23(29)16-9-18-17-6-5-7-19-22(17)15(11-27(19)3)10-20(18)28(4)12-16/h5-8,11,16,18,20H,9-10,12H2,1-4H3,(H,24,25,26,29)/t16-,18?,20-/m1/s1. The number of piperidine rings is 1. The number of carbonyl (C=O) groups excluding carboxylic acids is 1. The van der Waals surface area contributed by atoms with Gasteiger partial charge in [-0.05, 0) is 50.9 Å². The Morgan fingerprint density at radius 3 is 2.83 bits per heavy atom. The third-order valence-corrected chi connectivity index (χ3v) is 6.62. The molecule has 1 aromatic carbocycles. The van der Waals surface area contributed by atoms with Gasteiger partial charge in [0.1, 0.15) is 11.6 Å². The highest BCUT2D eigenvalue weighted by Gasteiger charge is 2.41. The molecule has 1 saturated heterocycles. The lowest BCUT2D eigenvalue weighted by Gasteiger charge is -2.45. The first-order valence-corrected chi connectivity index (χ1v) is 10.3. The molecule has 5 rings (SSSR count). The van der Waals surface area contributed by atoms with E-state index in [4.69, 9.17) is 0 Å². The first-order valence-electron chi connectivity index (χ1n) is 10.3. The van der Waals surface area contributed by atoms with E-state index in [2.05, 4.69) is 63.2 Å².